The van der Waals surface area contributed by atoms with Crippen molar-refractivity contribution in [2.24, 2.45) is 11.7 Å². The number of rotatable bonds is 7. The number of hydrogen-bond acceptors (Lipinski definition) is 5. The minimum atomic E-state index is -0.183. The number of piperidine rings is 1. The van der Waals surface area contributed by atoms with Gasteiger partial charge in [0.25, 0.3) is 0 Å². The third kappa shape index (κ3) is 4.41. The smallest absolute Gasteiger partial charge is 0.220 e. The van der Waals surface area contributed by atoms with Crippen LogP contribution in [0.1, 0.15) is 18.4 Å². The molecular formula is C15H24N4O2. The Morgan fingerprint density at radius 3 is 2.95 bits per heavy atom. The summed E-state index contributed by atoms with van der Waals surface area (Å²) < 4.78 is 5.03. The van der Waals surface area contributed by atoms with E-state index in [1.165, 1.54) is 5.56 Å². The Hall–Kier alpha value is -1.66. The SMILES string of the molecule is COCCNCc1cccnc1N1CCC(C(N)=O)CC1. The number of hydrogen-bond donors (Lipinski definition) is 2. The number of carbonyl (C=O) groups excluding carboxylic acids is 1. The van der Waals surface area contributed by atoms with Gasteiger partial charge in [-0.25, -0.2) is 4.98 Å². The highest BCUT2D eigenvalue weighted by molar-refractivity contribution is 5.77. The topological polar surface area (TPSA) is 80.5 Å². The van der Waals surface area contributed by atoms with Gasteiger partial charge in [-0.05, 0) is 18.9 Å². The second-order valence-corrected chi connectivity index (χ2v) is 5.32. The predicted octanol–water partition coefficient (Wildman–Crippen LogP) is 0.519. The van der Waals surface area contributed by atoms with E-state index in [0.29, 0.717) is 6.61 Å². The van der Waals surface area contributed by atoms with Gasteiger partial charge in [0.2, 0.25) is 5.91 Å². The van der Waals surface area contributed by atoms with E-state index in [2.05, 4.69) is 21.3 Å². The summed E-state index contributed by atoms with van der Waals surface area (Å²) in [6.07, 6.45) is 3.43. The van der Waals surface area contributed by atoms with Crippen LogP contribution in [-0.4, -0.2) is 44.2 Å². The van der Waals surface area contributed by atoms with E-state index in [1.807, 2.05) is 12.3 Å². The van der Waals surface area contributed by atoms with Crippen LogP contribution in [0, 0.1) is 5.92 Å². The summed E-state index contributed by atoms with van der Waals surface area (Å²) in [7, 11) is 1.69. The monoisotopic (exact) mass is 292 g/mol. The van der Waals surface area contributed by atoms with Crippen LogP contribution in [0.2, 0.25) is 0 Å². The van der Waals surface area contributed by atoms with E-state index in [1.54, 1.807) is 7.11 Å². The molecule has 2 heterocycles. The zero-order valence-corrected chi connectivity index (χ0v) is 12.5. The van der Waals surface area contributed by atoms with Gasteiger partial charge < -0.3 is 20.7 Å². The molecule has 0 aliphatic carbocycles. The van der Waals surface area contributed by atoms with Gasteiger partial charge in [-0.15, -0.1) is 0 Å². The molecule has 0 saturated carbocycles. The summed E-state index contributed by atoms with van der Waals surface area (Å²) >= 11 is 0. The Balaban J connectivity index is 1.95. The van der Waals surface area contributed by atoms with Crippen LogP contribution < -0.4 is 16.0 Å². The Morgan fingerprint density at radius 2 is 2.29 bits per heavy atom. The number of carbonyl (C=O) groups is 1. The van der Waals surface area contributed by atoms with Crippen molar-refractivity contribution in [3.8, 4) is 0 Å². The highest BCUT2D eigenvalue weighted by atomic mass is 16.5. The summed E-state index contributed by atoms with van der Waals surface area (Å²) in [5, 5.41) is 3.34. The van der Waals surface area contributed by atoms with Gasteiger partial charge >= 0.3 is 0 Å². The zero-order valence-electron chi connectivity index (χ0n) is 12.5. The largest absolute Gasteiger partial charge is 0.383 e. The predicted molar refractivity (Wildman–Crippen MR) is 82.0 cm³/mol. The van der Waals surface area contributed by atoms with Gasteiger partial charge in [-0.2, -0.15) is 0 Å². The second-order valence-electron chi connectivity index (χ2n) is 5.32. The maximum atomic E-state index is 11.2. The fourth-order valence-electron chi connectivity index (χ4n) is 2.63. The molecule has 1 amide bonds. The van der Waals surface area contributed by atoms with Gasteiger partial charge in [-0.3, -0.25) is 4.79 Å². The average Bonchev–Trinajstić information content (AvgIpc) is 2.52. The van der Waals surface area contributed by atoms with Gasteiger partial charge in [0.05, 0.1) is 6.61 Å². The molecule has 0 atom stereocenters. The van der Waals surface area contributed by atoms with Crippen molar-refractivity contribution < 1.29 is 9.53 Å². The third-order valence-corrected chi connectivity index (χ3v) is 3.86. The quantitative estimate of drug-likeness (QED) is 0.716. The van der Waals surface area contributed by atoms with Crippen molar-refractivity contribution in [2.75, 3.05) is 38.3 Å². The molecule has 0 unspecified atom stereocenters. The van der Waals surface area contributed by atoms with Gasteiger partial charge in [0, 0.05) is 51.0 Å². The molecule has 1 saturated heterocycles. The van der Waals surface area contributed by atoms with Gasteiger partial charge in [0.1, 0.15) is 5.82 Å². The molecule has 6 nitrogen and oxygen atoms in total. The molecular weight excluding hydrogens is 268 g/mol. The maximum absolute atomic E-state index is 11.2. The Morgan fingerprint density at radius 1 is 1.52 bits per heavy atom. The Kier molecular flexibility index (Phi) is 5.95. The number of methoxy groups -OCH3 is 1. The molecule has 116 valence electrons. The fourth-order valence-corrected chi connectivity index (χ4v) is 2.63. The number of amides is 1. The first-order chi connectivity index (χ1) is 10.2. The van der Waals surface area contributed by atoms with E-state index < -0.39 is 0 Å². The van der Waals surface area contributed by atoms with Crippen LogP contribution >= 0.6 is 0 Å². The fraction of sp³-hybridized carbons (Fsp3) is 0.600. The summed E-state index contributed by atoms with van der Waals surface area (Å²) in [6.45, 7) is 3.93. The molecule has 0 aromatic carbocycles. The average molecular weight is 292 g/mol. The summed E-state index contributed by atoms with van der Waals surface area (Å²) in [4.78, 5) is 18.0. The van der Waals surface area contributed by atoms with Crippen molar-refractivity contribution in [1.29, 1.82) is 0 Å². The van der Waals surface area contributed by atoms with Crippen LogP contribution in [0.4, 0.5) is 5.82 Å². The molecule has 0 spiro atoms. The lowest BCUT2D eigenvalue weighted by atomic mass is 9.96. The highest BCUT2D eigenvalue weighted by Gasteiger charge is 2.24. The molecule has 1 fully saturated rings. The maximum Gasteiger partial charge on any atom is 0.220 e. The molecule has 2 rings (SSSR count). The van der Waals surface area contributed by atoms with Crippen molar-refractivity contribution in [2.45, 2.75) is 19.4 Å². The lowest BCUT2D eigenvalue weighted by Gasteiger charge is -2.32. The van der Waals surface area contributed by atoms with Crippen LogP contribution in [-0.2, 0) is 16.1 Å². The van der Waals surface area contributed by atoms with E-state index in [4.69, 9.17) is 10.5 Å². The van der Waals surface area contributed by atoms with E-state index >= 15 is 0 Å². The molecule has 3 N–H and O–H groups in total. The van der Waals surface area contributed by atoms with E-state index in [9.17, 15) is 4.79 Å². The van der Waals surface area contributed by atoms with Gasteiger partial charge in [-0.1, -0.05) is 6.07 Å². The van der Waals surface area contributed by atoms with Crippen LogP contribution in [0.15, 0.2) is 18.3 Å². The molecule has 1 aromatic rings. The van der Waals surface area contributed by atoms with Crippen molar-refractivity contribution in [3.63, 3.8) is 0 Å². The number of nitrogens with one attached hydrogen (secondary N) is 1. The molecule has 1 aliphatic heterocycles. The molecule has 0 radical (unpaired) electrons. The molecule has 0 bridgehead atoms. The summed E-state index contributed by atoms with van der Waals surface area (Å²) in [6, 6.07) is 4.04. The van der Waals surface area contributed by atoms with Crippen molar-refractivity contribution in [1.82, 2.24) is 10.3 Å². The van der Waals surface area contributed by atoms with Crippen LogP contribution in [0.3, 0.4) is 0 Å². The normalized spacial score (nSPS) is 16.1. The lowest BCUT2D eigenvalue weighted by molar-refractivity contribution is -0.122. The minimum absolute atomic E-state index is 0.00763. The first-order valence-corrected chi connectivity index (χ1v) is 7.40. The van der Waals surface area contributed by atoms with Gasteiger partial charge in [0.15, 0.2) is 0 Å². The van der Waals surface area contributed by atoms with E-state index in [-0.39, 0.29) is 11.8 Å². The molecule has 1 aromatic heterocycles. The minimum Gasteiger partial charge on any atom is -0.383 e. The van der Waals surface area contributed by atoms with E-state index in [0.717, 1.165) is 44.8 Å². The van der Waals surface area contributed by atoms with Crippen molar-refractivity contribution >= 4 is 11.7 Å². The molecule has 1 aliphatic rings. The Labute approximate surface area is 125 Å². The van der Waals surface area contributed by atoms with Crippen molar-refractivity contribution in [3.05, 3.63) is 23.9 Å². The summed E-state index contributed by atoms with van der Waals surface area (Å²) in [5.41, 5.74) is 6.55. The molecule has 21 heavy (non-hydrogen) atoms. The number of ether oxygens (including phenoxy) is 1. The standard InChI is InChI=1S/C15H24N4O2/c1-21-10-7-17-11-13-3-2-6-18-15(13)19-8-4-12(5-9-19)14(16)20/h2-3,6,12,17H,4-5,7-11H2,1H3,(H2,16,20). The number of aromatic nitrogens is 1. The summed E-state index contributed by atoms with van der Waals surface area (Å²) in [5.74, 6) is 0.829. The number of nitrogens with zero attached hydrogens (tertiary/aromatic N) is 2. The van der Waals surface area contributed by atoms with Crippen LogP contribution in [0.25, 0.3) is 0 Å². The lowest BCUT2D eigenvalue weighted by Crippen LogP contribution is -2.39. The number of pyridine rings is 1. The highest BCUT2D eigenvalue weighted by Crippen LogP contribution is 2.24. The number of primary amides is 1. The Bertz CT molecular complexity index is 459. The first-order valence-electron chi connectivity index (χ1n) is 7.40. The third-order valence-electron chi connectivity index (χ3n) is 3.86. The first kappa shape index (κ1) is 15.7. The molecule has 6 heteroatoms. The number of anilines is 1. The second kappa shape index (κ2) is 7.95. The number of nitrogens with two attached hydrogens (primary N) is 1. The van der Waals surface area contributed by atoms with Crippen LogP contribution in [0.5, 0.6) is 0 Å². The zero-order chi connectivity index (χ0) is 15.1.